The van der Waals surface area contributed by atoms with Gasteiger partial charge < -0.3 is 11.1 Å². The van der Waals surface area contributed by atoms with E-state index < -0.39 is 0 Å². The summed E-state index contributed by atoms with van der Waals surface area (Å²) in [5.74, 6) is -0.251. The highest BCUT2D eigenvalue weighted by atomic mass is 35.5. The molecule has 0 saturated carbocycles. The Kier molecular flexibility index (Phi) is 4.66. The second kappa shape index (κ2) is 4.98. The summed E-state index contributed by atoms with van der Waals surface area (Å²) < 4.78 is 0. The SMILES string of the molecule is Cl.NC(=O)CC[C@H]1CCNC1=O. The summed E-state index contributed by atoms with van der Waals surface area (Å²) in [7, 11) is 0. The molecule has 3 N–H and O–H groups in total. The van der Waals surface area contributed by atoms with Crippen LogP contribution in [0, 0.1) is 5.92 Å². The van der Waals surface area contributed by atoms with Crippen LogP contribution in [0.5, 0.6) is 0 Å². The molecule has 1 aliphatic rings. The minimum absolute atomic E-state index is 0. The number of halogens is 1. The molecule has 1 aliphatic heterocycles. The number of nitrogens with one attached hydrogen (secondary N) is 1. The Morgan fingerprint density at radius 3 is 2.75 bits per heavy atom. The number of primary amides is 1. The van der Waals surface area contributed by atoms with Gasteiger partial charge in [0.1, 0.15) is 0 Å². The van der Waals surface area contributed by atoms with Crippen LogP contribution in [-0.2, 0) is 9.59 Å². The van der Waals surface area contributed by atoms with E-state index >= 15 is 0 Å². The zero-order valence-electron chi connectivity index (χ0n) is 6.71. The lowest BCUT2D eigenvalue weighted by atomic mass is 10.0. The lowest BCUT2D eigenvalue weighted by molar-refractivity contribution is -0.123. The summed E-state index contributed by atoms with van der Waals surface area (Å²) in [5.41, 5.74) is 4.95. The number of carbonyl (C=O) groups is 2. The molecule has 1 fully saturated rings. The third-order valence-corrected chi connectivity index (χ3v) is 1.90. The first kappa shape index (κ1) is 11.2. The van der Waals surface area contributed by atoms with Crippen molar-refractivity contribution in [1.29, 1.82) is 0 Å². The minimum atomic E-state index is -0.329. The fraction of sp³-hybridized carbons (Fsp3) is 0.714. The van der Waals surface area contributed by atoms with Gasteiger partial charge in [0.15, 0.2) is 0 Å². The zero-order valence-corrected chi connectivity index (χ0v) is 7.52. The second-order valence-corrected chi connectivity index (χ2v) is 2.78. The van der Waals surface area contributed by atoms with Gasteiger partial charge in [-0.1, -0.05) is 0 Å². The van der Waals surface area contributed by atoms with Gasteiger partial charge >= 0.3 is 0 Å². The third kappa shape index (κ3) is 3.09. The molecule has 1 rings (SSSR count). The van der Waals surface area contributed by atoms with E-state index in [-0.39, 0.29) is 30.1 Å². The third-order valence-electron chi connectivity index (χ3n) is 1.90. The number of rotatable bonds is 3. The molecule has 5 heteroatoms. The Morgan fingerprint density at radius 2 is 2.33 bits per heavy atom. The monoisotopic (exact) mass is 192 g/mol. The zero-order chi connectivity index (χ0) is 8.27. The van der Waals surface area contributed by atoms with Gasteiger partial charge in [-0.3, -0.25) is 9.59 Å². The van der Waals surface area contributed by atoms with Gasteiger partial charge in [-0.2, -0.15) is 0 Å². The van der Waals surface area contributed by atoms with Crippen molar-refractivity contribution in [3.8, 4) is 0 Å². The van der Waals surface area contributed by atoms with Crippen LogP contribution in [0.2, 0.25) is 0 Å². The highest BCUT2D eigenvalue weighted by molar-refractivity contribution is 5.85. The van der Waals surface area contributed by atoms with Crippen molar-refractivity contribution in [1.82, 2.24) is 5.32 Å². The molecule has 0 aliphatic carbocycles. The van der Waals surface area contributed by atoms with Crippen LogP contribution < -0.4 is 11.1 Å². The highest BCUT2D eigenvalue weighted by Crippen LogP contribution is 2.14. The molecule has 4 nitrogen and oxygen atoms in total. The maximum atomic E-state index is 10.9. The topological polar surface area (TPSA) is 72.2 Å². The summed E-state index contributed by atoms with van der Waals surface area (Å²) in [6.07, 6.45) is 1.76. The van der Waals surface area contributed by atoms with E-state index in [9.17, 15) is 9.59 Å². The Balaban J connectivity index is 0.00000121. The van der Waals surface area contributed by atoms with Crippen LogP contribution in [0.4, 0.5) is 0 Å². The first-order valence-corrected chi connectivity index (χ1v) is 3.76. The first-order chi connectivity index (χ1) is 5.20. The van der Waals surface area contributed by atoms with Crippen molar-refractivity contribution < 1.29 is 9.59 Å². The Labute approximate surface area is 77.3 Å². The van der Waals surface area contributed by atoms with Gasteiger partial charge in [-0.25, -0.2) is 0 Å². The van der Waals surface area contributed by atoms with Crippen LogP contribution in [0.3, 0.4) is 0 Å². The molecule has 0 aromatic heterocycles. The maximum absolute atomic E-state index is 10.9. The van der Waals surface area contributed by atoms with Gasteiger partial charge in [0, 0.05) is 18.9 Å². The van der Waals surface area contributed by atoms with E-state index in [1.54, 1.807) is 0 Å². The van der Waals surface area contributed by atoms with E-state index in [1.807, 2.05) is 0 Å². The highest BCUT2D eigenvalue weighted by Gasteiger charge is 2.23. The first-order valence-electron chi connectivity index (χ1n) is 3.76. The number of hydrogen-bond donors (Lipinski definition) is 2. The summed E-state index contributed by atoms with van der Waals surface area (Å²) in [4.78, 5) is 21.3. The molecule has 12 heavy (non-hydrogen) atoms. The van der Waals surface area contributed by atoms with E-state index in [1.165, 1.54) is 0 Å². The lowest BCUT2D eigenvalue weighted by Gasteiger charge is -2.02. The number of amides is 2. The molecule has 70 valence electrons. The van der Waals surface area contributed by atoms with Crippen molar-refractivity contribution >= 4 is 24.2 Å². The molecular weight excluding hydrogens is 180 g/mol. The predicted octanol–water partition coefficient (Wildman–Crippen LogP) is -0.190. The Bertz CT molecular complexity index is 184. The maximum Gasteiger partial charge on any atom is 0.223 e. The van der Waals surface area contributed by atoms with Gasteiger partial charge in [-0.05, 0) is 12.8 Å². The summed E-state index contributed by atoms with van der Waals surface area (Å²) in [5, 5.41) is 2.70. The number of nitrogens with two attached hydrogens (primary N) is 1. The van der Waals surface area contributed by atoms with Crippen LogP contribution in [0.25, 0.3) is 0 Å². The van der Waals surface area contributed by atoms with E-state index in [4.69, 9.17) is 5.73 Å². The molecule has 0 bridgehead atoms. The van der Waals surface area contributed by atoms with Gasteiger partial charge in [-0.15, -0.1) is 12.4 Å². The van der Waals surface area contributed by atoms with Crippen LogP contribution in [-0.4, -0.2) is 18.4 Å². The van der Waals surface area contributed by atoms with Crippen molar-refractivity contribution in [2.24, 2.45) is 11.7 Å². The number of carbonyl (C=O) groups excluding carboxylic acids is 2. The number of hydrogen-bond acceptors (Lipinski definition) is 2. The molecule has 1 atom stereocenters. The second-order valence-electron chi connectivity index (χ2n) is 2.78. The van der Waals surface area contributed by atoms with Crippen molar-refractivity contribution in [3.63, 3.8) is 0 Å². The van der Waals surface area contributed by atoms with E-state index in [0.29, 0.717) is 12.8 Å². The normalized spacial score (nSPS) is 21.3. The standard InChI is InChI=1S/C7H12N2O2.ClH/c8-6(10)2-1-5-3-4-9-7(5)11;/h5H,1-4H2,(H2,8,10)(H,9,11);1H/t5-;/m0./s1. The average molecular weight is 193 g/mol. The van der Waals surface area contributed by atoms with Crippen LogP contribution in [0.1, 0.15) is 19.3 Å². The molecule has 0 aromatic carbocycles. The average Bonchev–Trinajstić information content (AvgIpc) is 2.31. The van der Waals surface area contributed by atoms with E-state index in [2.05, 4.69) is 5.32 Å². The smallest absolute Gasteiger partial charge is 0.223 e. The largest absolute Gasteiger partial charge is 0.370 e. The molecule has 0 unspecified atom stereocenters. The summed E-state index contributed by atoms with van der Waals surface area (Å²) in [6, 6.07) is 0. The molecule has 1 saturated heterocycles. The fourth-order valence-electron chi connectivity index (χ4n) is 1.24. The Hall–Kier alpha value is -0.770. The van der Waals surface area contributed by atoms with Gasteiger partial charge in [0.05, 0.1) is 0 Å². The quantitative estimate of drug-likeness (QED) is 0.651. The summed E-state index contributed by atoms with van der Waals surface area (Å²) >= 11 is 0. The van der Waals surface area contributed by atoms with Gasteiger partial charge in [0.25, 0.3) is 0 Å². The molecular formula is C7H13ClN2O2. The van der Waals surface area contributed by atoms with Crippen LogP contribution in [0.15, 0.2) is 0 Å². The van der Waals surface area contributed by atoms with E-state index in [0.717, 1.165) is 13.0 Å². The minimum Gasteiger partial charge on any atom is -0.370 e. The summed E-state index contributed by atoms with van der Waals surface area (Å²) in [6.45, 7) is 0.738. The van der Waals surface area contributed by atoms with Crippen LogP contribution >= 0.6 is 12.4 Å². The Morgan fingerprint density at radius 1 is 1.67 bits per heavy atom. The molecule has 0 radical (unpaired) electrons. The lowest BCUT2D eigenvalue weighted by Crippen LogP contribution is -2.20. The molecule has 1 heterocycles. The van der Waals surface area contributed by atoms with Gasteiger partial charge in [0.2, 0.25) is 11.8 Å². The molecule has 0 aromatic rings. The van der Waals surface area contributed by atoms with Crippen molar-refractivity contribution in [2.45, 2.75) is 19.3 Å². The van der Waals surface area contributed by atoms with Crippen molar-refractivity contribution in [2.75, 3.05) is 6.54 Å². The van der Waals surface area contributed by atoms with Crippen molar-refractivity contribution in [3.05, 3.63) is 0 Å². The fourth-order valence-corrected chi connectivity index (χ4v) is 1.24. The molecule has 0 spiro atoms. The molecule has 2 amide bonds. The predicted molar refractivity (Wildman–Crippen MR) is 46.8 cm³/mol.